The van der Waals surface area contributed by atoms with Gasteiger partial charge in [-0.3, -0.25) is 0 Å². The summed E-state index contributed by atoms with van der Waals surface area (Å²) in [5.74, 6) is 0. The molecule has 0 rings (SSSR count). The van der Waals surface area contributed by atoms with Crippen LogP contribution in [0.2, 0.25) is 0 Å². The van der Waals surface area contributed by atoms with E-state index in [-0.39, 0.29) is 0 Å². The molecule has 0 amide bonds. The van der Waals surface area contributed by atoms with Crippen molar-refractivity contribution in [3.8, 4) is 0 Å². The summed E-state index contributed by atoms with van der Waals surface area (Å²) in [6.45, 7) is 7.28. The molecule has 0 N–H and O–H groups in total. The second-order valence-corrected chi connectivity index (χ2v) is 11.8. The van der Waals surface area contributed by atoms with Gasteiger partial charge < -0.3 is 9.05 Å². The van der Waals surface area contributed by atoms with Crippen molar-refractivity contribution in [3.63, 3.8) is 0 Å². The summed E-state index contributed by atoms with van der Waals surface area (Å²) in [6, 6.07) is 0. The average Bonchev–Trinajstić information content (AvgIpc) is 2.23. The lowest BCUT2D eigenvalue weighted by Crippen LogP contribution is -2.12. The zero-order chi connectivity index (χ0) is 11.9. The fourth-order valence-electron chi connectivity index (χ4n) is 0.993. The van der Waals surface area contributed by atoms with Crippen molar-refractivity contribution >= 4 is 40.6 Å². The lowest BCUT2D eigenvalue weighted by atomic mass is 10.3. The minimum Gasteiger partial charge on any atom is -0.325 e. The Hall–Kier alpha value is 1.27. The molecule has 0 saturated heterocycles. The maximum Gasteiger partial charge on any atom is 0.246 e. The highest BCUT2D eigenvalue weighted by atomic mass is 32.9. The molecule has 0 spiro atoms. The number of rotatable bonds is 8. The van der Waals surface area contributed by atoms with Gasteiger partial charge in [-0.05, 0) is 29.7 Å². The smallest absolute Gasteiger partial charge is 0.246 e. The van der Waals surface area contributed by atoms with Crippen molar-refractivity contribution in [3.05, 3.63) is 0 Å². The molecule has 15 heavy (non-hydrogen) atoms. The van der Waals surface area contributed by atoms with Crippen molar-refractivity contribution in [2.75, 3.05) is 20.0 Å². The molecule has 2 unspecified atom stereocenters. The third-order valence-corrected chi connectivity index (χ3v) is 8.75. The number of hydrogen-bond acceptors (Lipinski definition) is 5. The van der Waals surface area contributed by atoms with Crippen LogP contribution in [-0.2, 0) is 20.9 Å². The highest BCUT2D eigenvalue weighted by Gasteiger charge is 2.18. The quantitative estimate of drug-likeness (QED) is 0.622. The van der Waals surface area contributed by atoms with Crippen LogP contribution in [0.15, 0.2) is 0 Å². The van der Waals surface area contributed by atoms with E-state index in [1.54, 1.807) is 7.11 Å². The zero-order valence-electron chi connectivity index (χ0n) is 10.1. The molecule has 0 bridgehead atoms. The highest BCUT2D eigenvalue weighted by molar-refractivity contribution is 8.67. The van der Waals surface area contributed by atoms with Crippen LogP contribution in [0.4, 0.5) is 0 Å². The molecular formula is C9H21O2PS3. The highest BCUT2D eigenvalue weighted by Crippen LogP contribution is 2.59. The van der Waals surface area contributed by atoms with Gasteiger partial charge in [0.15, 0.2) is 0 Å². The number of hydrogen-bond donors (Lipinski definition) is 0. The predicted molar refractivity (Wildman–Crippen MR) is 77.6 cm³/mol. The van der Waals surface area contributed by atoms with Crippen LogP contribution in [0.1, 0.15) is 27.2 Å². The van der Waals surface area contributed by atoms with E-state index in [0.717, 1.165) is 6.42 Å². The first-order valence-corrected chi connectivity index (χ1v) is 10.4. The summed E-state index contributed by atoms with van der Waals surface area (Å²) < 4.78 is 11.0. The van der Waals surface area contributed by atoms with E-state index in [1.165, 1.54) is 11.4 Å². The molecule has 0 aromatic carbocycles. The van der Waals surface area contributed by atoms with Gasteiger partial charge in [-0.2, -0.15) is 11.8 Å². The van der Waals surface area contributed by atoms with Gasteiger partial charge in [0.1, 0.15) is 0 Å². The van der Waals surface area contributed by atoms with Crippen molar-refractivity contribution in [1.29, 1.82) is 0 Å². The first-order chi connectivity index (χ1) is 6.97. The van der Waals surface area contributed by atoms with E-state index in [4.69, 9.17) is 20.9 Å². The van der Waals surface area contributed by atoms with Crippen molar-refractivity contribution < 1.29 is 9.05 Å². The van der Waals surface area contributed by atoms with Gasteiger partial charge in [0.25, 0.3) is 0 Å². The zero-order valence-corrected chi connectivity index (χ0v) is 13.4. The Kier molecular flexibility index (Phi) is 9.08. The largest absolute Gasteiger partial charge is 0.325 e. The van der Waals surface area contributed by atoms with E-state index in [0.29, 0.717) is 17.1 Å². The van der Waals surface area contributed by atoms with Crippen molar-refractivity contribution in [2.24, 2.45) is 0 Å². The number of thioether (sulfide) groups is 1. The fraction of sp³-hybridized carbons (Fsp3) is 1.00. The minimum absolute atomic E-state index is 0.523. The molecule has 0 aliphatic rings. The van der Waals surface area contributed by atoms with E-state index in [2.05, 4.69) is 20.8 Å². The average molecular weight is 288 g/mol. The Morgan fingerprint density at radius 1 is 1.40 bits per heavy atom. The monoisotopic (exact) mass is 288 g/mol. The second-order valence-electron chi connectivity index (χ2n) is 3.32. The SMILES string of the molecule is CCC(COP(=S)(OC)SC)SC(C)C. The third-order valence-electron chi connectivity index (χ3n) is 1.79. The van der Waals surface area contributed by atoms with Gasteiger partial charge >= 0.3 is 0 Å². The van der Waals surface area contributed by atoms with Crippen LogP contribution in [0.5, 0.6) is 0 Å². The van der Waals surface area contributed by atoms with Crippen molar-refractivity contribution in [2.45, 2.75) is 37.7 Å². The molecule has 6 heteroatoms. The summed E-state index contributed by atoms with van der Waals surface area (Å²) in [7, 11) is 1.63. The van der Waals surface area contributed by atoms with E-state index in [9.17, 15) is 0 Å². The Morgan fingerprint density at radius 2 is 2.00 bits per heavy atom. The molecule has 0 aromatic heterocycles. The second kappa shape index (κ2) is 8.37. The molecule has 0 heterocycles. The van der Waals surface area contributed by atoms with Gasteiger partial charge in [0.2, 0.25) is 5.69 Å². The molecule has 0 aromatic rings. The van der Waals surface area contributed by atoms with Gasteiger partial charge in [-0.15, -0.1) is 0 Å². The van der Waals surface area contributed by atoms with Crippen LogP contribution >= 0.6 is 28.8 Å². The van der Waals surface area contributed by atoms with Gasteiger partial charge in [0.05, 0.1) is 6.61 Å². The van der Waals surface area contributed by atoms with Crippen LogP contribution in [0, 0.1) is 0 Å². The first kappa shape index (κ1) is 16.3. The molecular weight excluding hydrogens is 267 g/mol. The van der Waals surface area contributed by atoms with E-state index < -0.39 is 5.69 Å². The Morgan fingerprint density at radius 3 is 2.33 bits per heavy atom. The summed E-state index contributed by atoms with van der Waals surface area (Å²) in [6.07, 6.45) is 3.05. The molecule has 0 radical (unpaired) electrons. The normalized spacial score (nSPS) is 17.7. The van der Waals surface area contributed by atoms with Crippen LogP contribution < -0.4 is 0 Å². The van der Waals surface area contributed by atoms with Gasteiger partial charge in [-0.1, -0.05) is 32.2 Å². The Bertz CT molecular complexity index is 204. The van der Waals surface area contributed by atoms with Crippen LogP contribution in [-0.4, -0.2) is 30.5 Å². The van der Waals surface area contributed by atoms with Gasteiger partial charge in [0, 0.05) is 12.4 Å². The maximum absolute atomic E-state index is 5.73. The fourth-order valence-corrected chi connectivity index (χ4v) is 4.05. The standard InChI is InChI=1S/C9H21O2PS3/c1-6-9(15-8(2)3)7-11-12(13,10-4)14-5/h8-9H,6-7H2,1-5H3. The molecule has 0 fully saturated rings. The molecule has 0 saturated carbocycles. The Balaban J connectivity index is 4.04. The predicted octanol–water partition coefficient (Wildman–Crippen LogP) is 4.16. The summed E-state index contributed by atoms with van der Waals surface area (Å²) in [5, 5.41) is 1.16. The molecule has 0 aliphatic carbocycles. The minimum atomic E-state index is -2.05. The van der Waals surface area contributed by atoms with Crippen LogP contribution in [0.25, 0.3) is 0 Å². The third kappa shape index (κ3) is 7.24. The molecule has 92 valence electrons. The lowest BCUT2D eigenvalue weighted by molar-refractivity contribution is 0.293. The van der Waals surface area contributed by atoms with E-state index in [1.807, 2.05) is 18.0 Å². The Labute approximate surface area is 107 Å². The molecule has 2 nitrogen and oxygen atoms in total. The van der Waals surface area contributed by atoms with Crippen LogP contribution in [0.3, 0.4) is 0 Å². The van der Waals surface area contributed by atoms with Crippen molar-refractivity contribution in [1.82, 2.24) is 0 Å². The maximum atomic E-state index is 5.73. The summed E-state index contributed by atoms with van der Waals surface area (Å²) in [5.41, 5.74) is -2.05. The lowest BCUT2D eigenvalue weighted by Gasteiger charge is -2.22. The topological polar surface area (TPSA) is 18.5 Å². The van der Waals surface area contributed by atoms with Gasteiger partial charge in [-0.25, -0.2) is 0 Å². The van der Waals surface area contributed by atoms with E-state index >= 15 is 0 Å². The summed E-state index contributed by atoms with van der Waals surface area (Å²) >= 11 is 8.76. The molecule has 2 atom stereocenters. The molecule has 0 aliphatic heterocycles. The first-order valence-electron chi connectivity index (χ1n) is 4.99. The summed E-state index contributed by atoms with van der Waals surface area (Å²) in [4.78, 5) is 0.